The van der Waals surface area contributed by atoms with Crippen LogP contribution in [0, 0.1) is 0 Å². The van der Waals surface area contributed by atoms with Gasteiger partial charge in [0.25, 0.3) is 0 Å². The maximum atomic E-state index is 5.69. The highest BCUT2D eigenvalue weighted by Gasteiger charge is 2.28. The summed E-state index contributed by atoms with van der Waals surface area (Å²) in [5.74, 6) is 2.34. The van der Waals surface area contributed by atoms with E-state index >= 15 is 0 Å². The van der Waals surface area contributed by atoms with Crippen LogP contribution in [-0.4, -0.2) is 32.4 Å². The summed E-state index contributed by atoms with van der Waals surface area (Å²) in [4.78, 5) is 3.62. The molecule has 1 unspecified atom stereocenters. The molecule has 0 bridgehead atoms. The normalized spacial score (nSPS) is 16.2. The van der Waals surface area contributed by atoms with Gasteiger partial charge in [-0.05, 0) is 54.8 Å². The molecule has 2 N–H and O–H groups in total. The quantitative estimate of drug-likeness (QED) is 0.621. The summed E-state index contributed by atoms with van der Waals surface area (Å²) in [5.41, 5.74) is 4.79. The molecule has 0 saturated heterocycles. The van der Waals surface area contributed by atoms with E-state index in [1.165, 1.54) is 16.6 Å². The average Bonchev–Trinajstić information content (AvgIpc) is 3.06. The molecule has 1 aromatic heterocycles. The number of methoxy groups -OCH3 is 2. The topological polar surface area (TPSA) is 55.5 Å². The monoisotopic (exact) mass is 430 g/mol. The minimum absolute atomic E-state index is 0.0471. The van der Waals surface area contributed by atoms with Gasteiger partial charge in [-0.15, -0.1) is 0 Å². The van der Waals surface area contributed by atoms with Crippen LogP contribution in [0.1, 0.15) is 29.8 Å². The van der Waals surface area contributed by atoms with Crippen molar-refractivity contribution in [3.63, 3.8) is 0 Å². The molecule has 142 valence electrons. The molecule has 0 spiro atoms. The first-order chi connectivity index (χ1) is 13.2. The average molecular weight is 431 g/mol. The van der Waals surface area contributed by atoms with Crippen molar-refractivity contribution in [1.29, 1.82) is 0 Å². The molecule has 1 aliphatic heterocycles. The summed E-state index contributed by atoms with van der Waals surface area (Å²) >= 11 is 3.71. The molecular weight excluding hydrogens is 408 g/mol. The van der Waals surface area contributed by atoms with Gasteiger partial charge in [0.15, 0.2) is 11.5 Å². The molecule has 2 aromatic carbocycles. The third kappa shape index (κ3) is 3.17. The van der Waals surface area contributed by atoms with E-state index in [0.29, 0.717) is 12.4 Å². The Morgan fingerprint density at radius 3 is 2.63 bits per heavy atom. The number of hydrogen-bond acceptors (Lipinski definition) is 4. The van der Waals surface area contributed by atoms with Crippen molar-refractivity contribution in [2.24, 2.45) is 0 Å². The Bertz CT molecular complexity index is 983. The van der Waals surface area contributed by atoms with Gasteiger partial charge in [0.05, 0.1) is 26.9 Å². The lowest BCUT2D eigenvalue weighted by atomic mass is 9.94. The second-order valence-electron chi connectivity index (χ2n) is 6.52. The van der Waals surface area contributed by atoms with Crippen molar-refractivity contribution in [3.05, 3.63) is 51.6 Å². The van der Waals surface area contributed by atoms with Crippen molar-refractivity contribution in [1.82, 2.24) is 10.3 Å². The standard InChI is InChI=1S/C21H23BrN2O3/c1-4-27-12-5-6-17-14(9-12)13-7-8-23-20(21(13)24-17)15-10-18(25-2)19(26-3)11-16(15)22/h5-6,9-11,20,23-24H,4,7-8H2,1-3H3. The molecule has 0 aliphatic carbocycles. The highest BCUT2D eigenvalue weighted by molar-refractivity contribution is 9.10. The second-order valence-corrected chi connectivity index (χ2v) is 7.38. The Balaban J connectivity index is 1.83. The maximum Gasteiger partial charge on any atom is 0.161 e. The van der Waals surface area contributed by atoms with Gasteiger partial charge < -0.3 is 24.5 Å². The lowest BCUT2D eigenvalue weighted by Gasteiger charge is -2.26. The number of halogens is 1. The number of aromatic nitrogens is 1. The molecule has 6 heteroatoms. The molecule has 0 fully saturated rings. The highest BCUT2D eigenvalue weighted by atomic mass is 79.9. The maximum absolute atomic E-state index is 5.69. The minimum Gasteiger partial charge on any atom is -0.494 e. The molecular formula is C21H23BrN2O3. The fourth-order valence-corrected chi connectivity index (χ4v) is 4.37. The first-order valence-electron chi connectivity index (χ1n) is 9.08. The van der Waals surface area contributed by atoms with Crippen LogP contribution in [0.4, 0.5) is 0 Å². The molecule has 0 radical (unpaired) electrons. The van der Waals surface area contributed by atoms with Gasteiger partial charge in [0, 0.05) is 27.6 Å². The summed E-state index contributed by atoms with van der Waals surface area (Å²) in [5, 5.41) is 4.87. The lowest BCUT2D eigenvalue weighted by molar-refractivity contribution is 0.340. The van der Waals surface area contributed by atoms with Crippen LogP contribution >= 0.6 is 15.9 Å². The fraction of sp³-hybridized carbons (Fsp3) is 0.333. The van der Waals surface area contributed by atoms with E-state index in [4.69, 9.17) is 14.2 Å². The minimum atomic E-state index is 0.0471. The summed E-state index contributed by atoms with van der Waals surface area (Å²) in [6.45, 7) is 3.58. The van der Waals surface area contributed by atoms with Crippen molar-refractivity contribution in [2.75, 3.05) is 27.4 Å². The van der Waals surface area contributed by atoms with Crippen molar-refractivity contribution >= 4 is 26.8 Å². The van der Waals surface area contributed by atoms with Crippen LogP contribution < -0.4 is 19.5 Å². The largest absolute Gasteiger partial charge is 0.494 e. The van der Waals surface area contributed by atoms with Gasteiger partial charge in [-0.1, -0.05) is 15.9 Å². The van der Waals surface area contributed by atoms with Gasteiger partial charge in [-0.3, -0.25) is 0 Å². The van der Waals surface area contributed by atoms with Gasteiger partial charge >= 0.3 is 0 Å². The molecule has 1 aliphatic rings. The fourth-order valence-electron chi connectivity index (χ4n) is 3.82. The number of fused-ring (bicyclic) bond motifs is 3. The number of benzene rings is 2. The van der Waals surface area contributed by atoms with Gasteiger partial charge in [0.2, 0.25) is 0 Å². The first kappa shape index (κ1) is 18.2. The van der Waals surface area contributed by atoms with E-state index in [1.807, 2.05) is 25.1 Å². The lowest BCUT2D eigenvalue weighted by Crippen LogP contribution is -2.30. The zero-order valence-electron chi connectivity index (χ0n) is 15.7. The van der Waals surface area contributed by atoms with Crippen LogP contribution in [0.5, 0.6) is 17.2 Å². The summed E-state index contributed by atoms with van der Waals surface area (Å²) in [6.07, 6.45) is 0.978. The zero-order valence-corrected chi connectivity index (χ0v) is 17.3. The van der Waals surface area contributed by atoms with Crippen LogP contribution in [-0.2, 0) is 6.42 Å². The molecule has 27 heavy (non-hydrogen) atoms. The van der Waals surface area contributed by atoms with Gasteiger partial charge in [0.1, 0.15) is 5.75 Å². The molecule has 0 saturated carbocycles. The number of aromatic amines is 1. The van der Waals surface area contributed by atoms with Gasteiger partial charge in [-0.2, -0.15) is 0 Å². The highest BCUT2D eigenvalue weighted by Crippen LogP contribution is 2.41. The molecule has 4 rings (SSSR count). The predicted molar refractivity (Wildman–Crippen MR) is 110 cm³/mol. The first-order valence-corrected chi connectivity index (χ1v) is 9.87. The molecule has 2 heterocycles. The van der Waals surface area contributed by atoms with E-state index in [2.05, 4.69) is 38.4 Å². The third-order valence-corrected chi connectivity index (χ3v) is 5.73. The number of rotatable bonds is 5. The van der Waals surface area contributed by atoms with Crippen LogP contribution in [0.15, 0.2) is 34.8 Å². The Morgan fingerprint density at radius 1 is 1.11 bits per heavy atom. The van der Waals surface area contributed by atoms with Crippen molar-refractivity contribution < 1.29 is 14.2 Å². The van der Waals surface area contributed by atoms with Crippen molar-refractivity contribution in [2.45, 2.75) is 19.4 Å². The van der Waals surface area contributed by atoms with Crippen LogP contribution in [0.25, 0.3) is 10.9 Å². The van der Waals surface area contributed by atoms with Crippen LogP contribution in [0.3, 0.4) is 0 Å². The Kier molecular flexibility index (Phi) is 5.02. The number of hydrogen-bond donors (Lipinski definition) is 2. The SMILES string of the molecule is CCOc1ccc2[nH]c3c(c2c1)CCNC3c1cc(OC)c(OC)cc1Br. The van der Waals surface area contributed by atoms with E-state index in [1.54, 1.807) is 14.2 Å². The van der Waals surface area contributed by atoms with E-state index in [9.17, 15) is 0 Å². The Hall–Kier alpha value is -2.18. The smallest absolute Gasteiger partial charge is 0.161 e. The zero-order chi connectivity index (χ0) is 19.0. The summed E-state index contributed by atoms with van der Waals surface area (Å²) in [6, 6.07) is 10.3. The number of H-pyrrole nitrogens is 1. The molecule has 3 aromatic rings. The van der Waals surface area contributed by atoms with Crippen LogP contribution in [0.2, 0.25) is 0 Å². The molecule has 5 nitrogen and oxygen atoms in total. The van der Waals surface area contributed by atoms with E-state index < -0.39 is 0 Å². The Labute approximate surface area is 167 Å². The number of ether oxygens (including phenoxy) is 3. The van der Waals surface area contributed by atoms with Gasteiger partial charge in [-0.25, -0.2) is 0 Å². The van der Waals surface area contributed by atoms with Crippen molar-refractivity contribution in [3.8, 4) is 17.2 Å². The van der Waals surface area contributed by atoms with E-state index in [0.717, 1.165) is 40.0 Å². The summed E-state index contributed by atoms with van der Waals surface area (Å²) in [7, 11) is 3.31. The third-order valence-electron chi connectivity index (χ3n) is 5.05. The molecule has 0 amide bonds. The predicted octanol–water partition coefficient (Wildman–Crippen LogP) is 4.58. The summed E-state index contributed by atoms with van der Waals surface area (Å²) < 4.78 is 17.6. The Morgan fingerprint density at radius 2 is 1.89 bits per heavy atom. The second kappa shape index (κ2) is 7.44. The van der Waals surface area contributed by atoms with E-state index in [-0.39, 0.29) is 6.04 Å². The number of nitrogens with one attached hydrogen (secondary N) is 2. The molecule has 1 atom stereocenters.